The van der Waals surface area contributed by atoms with Crippen molar-refractivity contribution in [1.82, 2.24) is 0 Å². The van der Waals surface area contributed by atoms with Crippen molar-refractivity contribution in [2.24, 2.45) is 0 Å². The van der Waals surface area contributed by atoms with Crippen molar-refractivity contribution in [3.05, 3.63) is 16.3 Å². The van der Waals surface area contributed by atoms with Crippen molar-refractivity contribution in [2.75, 3.05) is 6.61 Å². The lowest BCUT2D eigenvalue weighted by Crippen LogP contribution is -1.96. The van der Waals surface area contributed by atoms with Gasteiger partial charge in [-0.2, -0.15) is 0 Å². The standard InChI is InChI=1S/C10H16OS/c1-3-5-7-11-9-6-8-12-10(9)4-2/h6,8H,3-5,7H2,1-2H3. The summed E-state index contributed by atoms with van der Waals surface area (Å²) in [6.07, 6.45) is 3.43. The van der Waals surface area contributed by atoms with E-state index in [9.17, 15) is 0 Å². The zero-order chi connectivity index (χ0) is 8.81. The lowest BCUT2D eigenvalue weighted by Gasteiger charge is -2.04. The Bertz CT molecular complexity index is 217. The number of aryl methyl sites for hydroxylation is 1. The van der Waals surface area contributed by atoms with E-state index in [4.69, 9.17) is 4.74 Å². The Morgan fingerprint density at radius 3 is 2.92 bits per heavy atom. The van der Waals surface area contributed by atoms with Gasteiger partial charge in [0.1, 0.15) is 5.75 Å². The van der Waals surface area contributed by atoms with Crippen LogP contribution in [0, 0.1) is 0 Å². The largest absolute Gasteiger partial charge is 0.492 e. The molecule has 1 rings (SSSR count). The van der Waals surface area contributed by atoms with E-state index < -0.39 is 0 Å². The zero-order valence-corrected chi connectivity index (χ0v) is 8.62. The molecule has 1 heterocycles. The monoisotopic (exact) mass is 184 g/mol. The van der Waals surface area contributed by atoms with Crippen LogP contribution in [0.1, 0.15) is 31.6 Å². The molecule has 0 amide bonds. The molecular weight excluding hydrogens is 168 g/mol. The molecular formula is C10H16OS. The van der Waals surface area contributed by atoms with Gasteiger partial charge in [0.25, 0.3) is 0 Å². The number of hydrogen-bond donors (Lipinski definition) is 0. The van der Waals surface area contributed by atoms with Crippen LogP contribution < -0.4 is 4.74 Å². The summed E-state index contributed by atoms with van der Waals surface area (Å²) in [5.74, 6) is 1.09. The molecule has 0 radical (unpaired) electrons. The van der Waals surface area contributed by atoms with Crippen molar-refractivity contribution in [1.29, 1.82) is 0 Å². The summed E-state index contributed by atoms with van der Waals surface area (Å²) < 4.78 is 5.62. The van der Waals surface area contributed by atoms with Crippen LogP contribution in [0.5, 0.6) is 5.75 Å². The van der Waals surface area contributed by atoms with Crippen molar-refractivity contribution < 1.29 is 4.74 Å². The second-order valence-corrected chi connectivity index (χ2v) is 3.76. The van der Waals surface area contributed by atoms with Gasteiger partial charge in [-0.1, -0.05) is 20.3 Å². The Labute approximate surface area is 78.4 Å². The summed E-state index contributed by atoms with van der Waals surface area (Å²) in [5.41, 5.74) is 0. The van der Waals surface area contributed by atoms with E-state index in [1.54, 1.807) is 11.3 Å². The maximum Gasteiger partial charge on any atom is 0.133 e. The topological polar surface area (TPSA) is 9.23 Å². The third kappa shape index (κ3) is 2.52. The predicted octanol–water partition coefficient (Wildman–Crippen LogP) is 3.49. The molecule has 2 heteroatoms. The quantitative estimate of drug-likeness (QED) is 0.636. The molecule has 0 bridgehead atoms. The van der Waals surface area contributed by atoms with Crippen LogP contribution in [0.3, 0.4) is 0 Å². The van der Waals surface area contributed by atoms with E-state index in [0.717, 1.165) is 25.2 Å². The molecule has 12 heavy (non-hydrogen) atoms. The first-order chi connectivity index (χ1) is 5.88. The Morgan fingerprint density at radius 2 is 2.25 bits per heavy atom. The van der Waals surface area contributed by atoms with Gasteiger partial charge in [-0.15, -0.1) is 11.3 Å². The molecule has 0 aliphatic carbocycles. The van der Waals surface area contributed by atoms with Gasteiger partial charge < -0.3 is 4.74 Å². The minimum Gasteiger partial charge on any atom is -0.492 e. The highest BCUT2D eigenvalue weighted by atomic mass is 32.1. The van der Waals surface area contributed by atoms with Crippen molar-refractivity contribution in [2.45, 2.75) is 33.1 Å². The molecule has 0 aromatic carbocycles. The number of unbranched alkanes of at least 4 members (excludes halogenated alkanes) is 1. The van der Waals surface area contributed by atoms with Gasteiger partial charge in [0.15, 0.2) is 0 Å². The van der Waals surface area contributed by atoms with Crippen molar-refractivity contribution >= 4 is 11.3 Å². The van der Waals surface area contributed by atoms with Gasteiger partial charge >= 0.3 is 0 Å². The first kappa shape index (κ1) is 9.59. The van der Waals surface area contributed by atoms with Gasteiger partial charge in [0.05, 0.1) is 6.61 Å². The number of hydrogen-bond acceptors (Lipinski definition) is 2. The Morgan fingerprint density at radius 1 is 1.42 bits per heavy atom. The fraction of sp³-hybridized carbons (Fsp3) is 0.600. The minimum atomic E-state index is 0.861. The zero-order valence-electron chi connectivity index (χ0n) is 7.80. The summed E-state index contributed by atoms with van der Waals surface area (Å²) in [6.45, 7) is 5.20. The molecule has 0 saturated carbocycles. The van der Waals surface area contributed by atoms with Gasteiger partial charge in [0, 0.05) is 4.88 Å². The molecule has 1 nitrogen and oxygen atoms in total. The van der Waals surface area contributed by atoms with Crippen molar-refractivity contribution in [3.8, 4) is 5.75 Å². The van der Waals surface area contributed by atoms with Crippen LogP contribution in [-0.2, 0) is 6.42 Å². The molecule has 1 aromatic rings. The molecule has 0 spiro atoms. The minimum absolute atomic E-state index is 0.861. The smallest absolute Gasteiger partial charge is 0.133 e. The van der Waals surface area contributed by atoms with Crippen molar-refractivity contribution in [3.63, 3.8) is 0 Å². The van der Waals surface area contributed by atoms with E-state index in [1.807, 2.05) is 0 Å². The molecule has 68 valence electrons. The second-order valence-electron chi connectivity index (χ2n) is 2.76. The van der Waals surface area contributed by atoms with Crippen LogP contribution >= 0.6 is 11.3 Å². The van der Waals surface area contributed by atoms with Crippen LogP contribution in [-0.4, -0.2) is 6.61 Å². The SMILES string of the molecule is CCCCOc1ccsc1CC. The van der Waals surface area contributed by atoms with E-state index in [0.29, 0.717) is 0 Å². The maximum atomic E-state index is 5.62. The normalized spacial score (nSPS) is 10.2. The van der Waals surface area contributed by atoms with E-state index in [2.05, 4.69) is 25.3 Å². The Hall–Kier alpha value is -0.500. The predicted molar refractivity (Wildman–Crippen MR) is 54.1 cm³/mol. The highest BCUT2D eigenvalue weighted by Crippen LogP contribution is 2.25. The molecule has 0 unspecified atom stereocenters. The number of rotatable bonds is 5. The average molecular weight is 184 g/mol. The van der Waals surface area contributed by atoms with Crippen LogP contribution in [0.4, 0.5) is 0 Å². The summed E-state index contributed by atoms with van der Waals surface area (Å²) >= 11 is 1.78. The Balaban J connectivity index is 2.39. The molecule has 0 saturated heterocycles. The number of thiophene rings is 1. The Kier molecular flexibility index (Phi) is 4.15. The van der Waals surface area contributed by atoms with Crippen LogP contribution in [0.2, 0.25) is 0 Å². The molecule has 0 atom stereocenters. The molecule has 0 N–H and O–H groups in total. The van der Waals surface area contributed by atoms with Crippen LogP contribution in [0.25, 0.3) is 0 Å². The molecule has 1 aromatic heterocycles. The van der Waals surface area contributed by atoms with Gasteiger partial charge in [-0.05, 0) is 24.3 Å². The van der Waals surface area contributed by atoms with Gasteiger partial charge in [0.2, 0.25) is 0 Å². The summed E-state index contributed by atoms with van der Waals surface area (Å²) in [6, 6.07) is 2.07. The van der Waals surface area contributed by atoms with Crippen LogP contribution in [0.15, 0.2) is 11.4 Å². The molecule has 0 fully saturated rings. The molecule has 0 aliphatic heterocycles. The highest BCUT2D eigenvalue weighted by Gasteiger charge is 2.01. The first-order valence-electron chi connectivity index (χ1n) is 4.57. The van der Waals surface area contributed by atoms with Gasteiger partial charge in [-0.25, -0.2) is 0 Å². The number of ether oxygens (including phenoxy) is 1. The lowest BCUT2D eigenvalue weighted by atomic mass is 10.3. The fourth-order valence-electron chi connectivity index (χ4n) is 1.04. The fourth-order valence-corrected chi connectivity index (χ4v) is 1.81. The third-order valence-electron chi connectivity index (χ3n) is 1.78. The third-order valence-corrected chi connectivity index (χ3v) is 2.83. The maximum absolute atomic E-state index is 5.62. The van der Waals surface area contributed by atoms with E-state index in [-0.39, 0.29) is 0 Å². The second kappa shape index (κ2) is 5.20. The summed E-state index contributed by atoms with van der Waals surface area (Å²) in [5, 5.41) is 2.10. The highest BCUT2D eigenvalue weighted by molar-refractivity contribution is 7.10. The average Bonchev–Trinajstić information content (AvgIpc) is 2.52. The summed E-state index contributed by atoms with van der Waals surface area (Å²) in [7, 11) is 0. The first-order valence-corrected chi connectivity index (χ1v) is 5.45. The molecule has 0 aliphatic rings. The van der Waals surface area contributed by atoms with E-state index >= 15 is 0 Å². The summed E-state index contributed by atoms with van der Waals surface area (Å²) in [4.78, 5) is 1.37. The van der Waals surface area contributed by atoms with Gasteiger partial charge in [-0.3, -0.25) is 0 Å². The lowest BCUT2D eigenvalue weighted by molar-refractivity contribution is 0.308. The van der Waals surface area contributed by atoms with E-state index in [1.165, 1.54) is 11.3 Å².